The van der Waals surface area contributed by atoms with Crippen LogP contribution in [-0.4, -0.2) is 33.9 Å². The Labute approximate surface area is 133 Å². The number of carboxylic acid groups (broad SMARTS) is 1. The quantitative estimate of drug-likeness (QED) is 0.722. The molecular weight excluding hydrogens is 329 g/mol. The van der Waals surface area contributed by atoms with E-state index in [4.69, 9.17) is 5.11 Å². The minimum Gasteiger partial charge on any atom is -0.477 e. The number of halogens is 3. The molecule has 0 amide bonds. The van der Waals surface area contributed by atoms with Crippen molar-refractivity contribution in [3.8, 4) is 0 Å². The Bertz CT molecular complexity index is 906. The van der Waals surface area contributed by atoms with Crippen LogP contribution in [0.1, 0.15) is 29.2 Å². The Morgan fingerprint density at radius 2 is 1.92 bits per heavy atom. The number of fused-ring (bicyclic) bond motifs is 1. The number of carboxylic acids is 1. The van der Waals surface area contributed by atoms with Gasteiger partial charge in [-0.05, 0) is 12.8 Å². The van der Waals surface area contributed by atoms with Gasteiger partial charge in [0, 0.05) is 18.8 Å². The van der Waals surface area contributed by atoms with Gasteiger partial charge in [0.2, 0.25) is 5.43 Å². The van der Waals surface area contributed by atoms with Gasteiger partial charge < -0.3 is 20.1 Å². The topological polar surface area (TPSA) is 91.6 Å². The van der Waals surface area contributed by atoms with Crippen molar-refractivity contribution in [1.82, 2.24) is 4.57 Å². The largest absolute Gasteiger partial charge is 0.477 e. The lowest BCUT2D eigenvalue weighted by Gasteiger charge is -2.17. The molecule has 1 aromatic carbocycles. The normalized spacial score (nSPS) is 14.2. The van der Waals surface area contributed by atoms with Gasteiger partial charge in [0.15, 0.2) is 17.5 Å². The molecule has 2 aromatic rings. The van der Waals surface area contributed by atoms with Gasteiger partial charge in [0.1, 0.15) is 5.56 Å². The van der Waals surface area contributed by atoms with Crippen LogP contribution in [0.25, 0.3) is 10.9 Å². The minimum atomic E-state index is -1.76. The zero-order valence-corrected chi connectivity index (χ0v) is 12.3. The summed E-state index contributed by atoms with van der Waals surface area (Å²) >= 11 is 0. The zero-order chi connectivity index (χ0) is 17.6. The third kappa shape index (κ3) is 2.41. The molecule has 1 aliphatic carbocycles. The molecule has 1 fully saturated rings. The number of hydrogen-bond donors (Lipinski definition) is 3. The van der Waals surface area contributed by atoms with Gasteiger partial charge in [0.05, 0.1) is 23.2 Å². The van der Waals surface area contributed by atoms with Gasteiger partial charge in [0.25, 0.3) is 0 Å². The van der Waals surface area contributed by atoms with Crippen LogP contribution in [-0.2, 0) is 0 Å². The van der Waals surface area contributed by atoms with Gasteiger partial charge in [-0.25, -0.2) is 18.0 Å². The number of carbonyl (C=O) groups is 1. The van der Waals surface area contributed by atoms with Crippen molar-refractivity contribution in [2.45, 2.75) is 18.9 Å². The van der Waals surface area contributed by atoms with Crippen molar-refractivity contribution < 1.29 is 28.2 Å². The smallest absolute Gasteiger partial charge is 0.341 e. The second kappa shape index (κ2) is 5.82. The summed E-state index contributed by atoms with van der Waals surface area (Å²) in [7, 11) is 0. The second-order valence-corrected chi connectivity index (χ2v) is 5.51. The summed E-state index contributed by atoms with van der Waals surface area (Å²) in [6.07, 6.45) is 2.17. The van der Waals surface area contributed by atoms with Gasteiger partial charge in [-0.1, -0.05) is 0 Å². The molecule has 1 saturated carbocycles. The van der Waals surface area contributed by atoms with E-state index in [0.29, 0.717) is 12.8 Å². The molecule has 24 heavy (non-hydrogen) atoms. The van der Waals surface area contributed by atoms with E-state index in [1.165, 1.54) is 4.57 Å². The highest BCUT2D eigenvalue weighted by molar-refractivity contribution is 5.98. The monoisotopic (exact) mass is 342 g/mol. The van der Waals surface area contributed by atoms with E-state index >= 15 is 0 Å². The molecule has 0 saturated heterocycles. The maximum atomic E-state index is 14.3. The Morgan fingerprint density at radius 1 is 1.25 bits per heavy atom. The fourth-order valence-electron chi connectivity index (χ4n) is 2.65. The Morgan fingerprint density at radius 3 is 2.46 bits per heavy atom. The average Bonchev–Trinajstić information content (AvgIpc) is 3.37. The fraction of sp³-hybridized carbons (Fsp3) is 0.333. The van der Waals surface area contributed by atoms with E-state index in [0.717, 1.165) is 6.20 Å². The molecule has 1 aromatic heterocycles. The lowest BCUT2D eigenvalue weighted by atomic mass is 10.1. The predicted molar refractivity (Wildman–Crippen MR) is 78.9 cm³/mol. The first-order valence-electron chi connectivity index (χ1n) is 7.21. The molecule has 3 rings (SSSR count). The summed E-state index contributed by atoms with van der Waals surface area (Å²) in [5.41, 5.74) is -2.91. The molecule has 128 valence electrons. The Kier molecular flexibility index (Phi) is 3.96. The van der Waals surface area contributed by atoms with Crippen LogP contribution in [0, 0.1) is 17.5 Å². The standard InChI is InChI=1S/C15H13F3N2O4/c16-9-10(17)12(19-3-4-21)8-13(11(9)18)20(6-1-2-6)5-7(14(8)22)15(23)24/h5-6,19,21H,1-4H2,(H,23,24). The number of rotatable bonds is 5. The molecule has 3 N–H and O–H groups in total. The zero-order valence-electron chi connectivity index (χ0n) is 12.3. The van der Waals surface area contributed by atoms with Crippen molar-refractivity contribution in [1.29, 1.82) is 0 Å². The van der Waals surface area contributed by atoms with Crippen LogP contribution >= 0.6 is 0 Å². The summed E-state index contributed by atoms with van der Waals surface area (Å²) in [4.78, 5) is 23.7. The van der Waals surface area contributed by atoms with E-state index in [1.807, 2.05) is 0 Å². The highest BCUT2D eigenvalue weighted by Crippen LogP contribution is 2.39. The molecular formula is C15H13F3N2O4. The fourth-order valence-corrected chi connectivity index (χ4v) is 2.65. The molecule has 0 spiro atoms. The number of aliphatic hydroxyl groups is 1. The molecule has 0 radical (unpaired) electrons. The molecule has 0 unspecified atom stereocenters. The second-order valence-electron chi connectivity index (χ2n) is 5.51. The highest BCUT2D eigenvalue weighted by Gasteiger charge is 2.32. The van der Waals surface area contributed by atoms with E-state index in [1.54, 1.807) is 0 Å². The first-order chi connectivity index (χ1) is 11.4. The minimum absolute atomic E-state index is 0.225. The van der Waals surface area contributed by atoms with Crippen molar-refractivity contribution in [3.63, 3.8) is 0 Å². The summed E-state index contributed by atoms with van der Waals surface area (Å²) in [6.45, 7) is -0.674. The van der Waals surface area contributed by atoms with Crippen molar-refractivity contribution in [3.05, 3.63) is 39.4 Å². The van der Waals surface area contributed by atoms with Crippen LogP contribution in [0.3, 0.4) is 0 Å². The van der Waals surface area contributed by atoms with Crippen molar-refractivity contribution in [2.24, 2.45) is 0 Å². The number of hydrogen-bond acceptors (Lipinski definition) is 4. The molecule has 0 aliphatic heterocycles. The SMILES string of the molecule is O=C(O)c1cn(C2CC2)c2c(F)c(F)c(F)c(NCCO)c2c1=O. The maximum absolute atomic E-state index is 14.3. The number of aromatic carboxylic acids is 1. The van der Waals surface area contributed by atoms with Gasteiger partial charge >= 0.3 is 5.97 Å². The van der Waals surface area contributed by atoms with Gasteiger partial charge in [-0.3, -0.25) is 4.79 Å². The summed E-state index contributed by atoms with van der Waals surface area (Å²) in [5.74, 6) is -6.48. The highest BCUT2D eigenvalue weighted by atomic mass is 19.2. The predicted octanol–water partition coefficient (Wildman–Crippen LogP) is 1.86. The third-order valence-electron chi connectivity index (χ3n) is 3.88. The van der Waals surface area contributed by atoms with Crippen molar-refractivity contribution >= 4 is 22.6 Å². The summed E-state index contributed by atoms with van der Waals surface area (Å²) < 4.78 is 43.5. The van der Waals surface area contributed by atoms with Gasteiger partial charge in [-0.15, -0.1) is 0 Å². The van der Waals surface area contributed by atoms with E-state index in [-0.39, 0.29) is 12.6 Å². The van der Waals surface area contributed by atoms with Crippen LogP contribution in [0.4, 0.5) is 18.9 Å². The molecule has 6 nitrogen and oxygen atoms in total. The molecule has 9 heteroatoms. The summed E-state index contributed by atoms with van der Waals surface area (Å²) in [6, 6.07) is -0.281. The van der Waals surface area contributed by atoms with E-state index in [9.17, 15) is 27.9 Å². The maximum Gasteiger partial charge on any atom is 0.341 e. The molecule has 1 aliphatic rings. The Hall–Kier alpha value is -2.55. The number of aliphatic hydroxyl groups excluding tert-OH is 1. The number of nitrogens with one attached hydrogen (secondary N) is 1. The molecule has 0 atom stereocenters. The number of aromatic nitrogens is 1. The first-order valence-corrected chi connectivity index (χ1v) is 7.21. The molecule has 0 bridgehead atoms. The lowest BCUT2D eigenvalue weighted by molar-refractivity contribution is 0.0695. The van der Waals surface area contributed by atoms with E-state index in [2.05, 4.69) is 5.32 Å². The number of pyridine rings is 1. The number of anilines is 1. The lowest BCUT2D eigenvalue weighted by Crippen LogP contribution is -2.22. The van der Waals surface area contributed by atoms with Crippen molar-refractivity contribution in [2.75, 3.05) is 18.5 Å². The number of benzene rings is 1. The average molecular weight is 342 g/mol. The van der Waals surface area contributed by atoms with Gasteiger partial charge in [-0.2, -0.15) is 0 Å². The van der Waals surface area contributed by atoms with Crippen LogP contribution < -0.4 is 10.7 Å². The third-order valence-corrected chi connectivity index (χ3v) is 3.88. The molecule has 1 heterocycles. The van der Waals surface area contributed by atoms with Crippen LogP contribution in [0.5, 0.6) is 0 Å². The first kappa shape index (κ1) is 16.3. The summed E-state index contributed by atoms with van der Waals surface area (Å²) in [5, 5.41) is 19.8. The number of nitrogens with zero attached hydrogens (tertiary/aromatic N) is 1. The van der Waals surface area contributed by atoms with E-state index < -0.39 is 57.6 Å². The van der Waals surface area contributed by atoms with Crippen LogP contribution in [0.2, 0.25) is 0 Å². The van der Waals surface area contributed by atoms with Crippen LogP contribution in [0.15, 0.2) is 11.0 Å². The Balaban J connectivity index is 2.49.